The first-order valence-corrected chi connectivity index (χ1v) is 6.28. The van der Waals surface area contributed by atoms with Gasteiger partial charge >= 0.3 is 0 Å². The summed E-state index contributed by atoms with van der Waals surface area (Å²) < 4.78 is 3.57. The zero-order chi connectivity index (χ0) is 13.3. The Morgan fingerprint density at radius 2 is 2.16 bits per heavy atom. The van der Waals surface area contributed by atoms with Gasteiger partial charge in [0.15, 0.2) is 0 Å². The molecule has 2 heterocycles. The molecule has 0 saturated carbocycles. The molecular formula is C11H17N7O. The number of imidazole rings is 1. The number of hydrogen-bond acceptors (Lipinski definition) is 5. The van der Waals surface area contributed by atoms with Gasteiger partial charge in [0.2, 0.25) is 5.91 Å². The van der Waals surface area contributed by atoms with E-state index < -0.39 is 0 Å². The van der Waals surface area contributed by atoms with E-state index in [-0.39, 0.29) is 5.91 Å². The van der Waals surface area contributed by atoms with Crippen LogP contribution in [-0.4, -0.2) is 42.2 Å². The number of aryl methyl sites for hydroxylation is 2. The molecule has 8 nitrogen and oxygen atoms in total. The van der Waals surface area contributed by atoms with E-state index in [0.29, 0.717) is 19.5 Å². The molecule has 102 valence electrons. The fraction of sp³-hybridized carbons (Fsp3) is 0.545. The second kappa shape index (κ2) is 7.24. The summed E-state index contributed by atoms with van der Waals surface area (Å²) in [5, 5.41) is 13.6. The highest BCUT2D eigenvalue weighted by atomic mass is 16.1. The predicted molar refractivity (Wildman–Crippen MR) is 66.9 cm³/mol. The van der Waals surface area contributed by atoms with Crippen LogP contribution in [0.4, 0.5) is 0 Å². The number of carbonyl (C=O) groups excluding carboxylic acids is 1. The topological polar surface area (TPSA) is 90.5 Å². The average molecular weight is 263 g/mol. The van der Waals surface area contributed by atoms with Gasteiger partial charge < -0.3 is 9.88 Å². The molecular weight excluding hydrogens is 246 g/mol. The van der Waals surface area contributed by atoms with E-state index in [2.05, 4.69) is 25.8 Å². The standard InChI is InChI=1S/C11H17N7O/c19-11(3-7-18-10-14-15-16-18)13-4-1-2-6-17-8-5-12-9-17/h5,8-10H,1-4,6-7H2,(H,13,19). The SMILES string of the molecule is O=C(CCn1cnnn1)NCCCCn1ccnc1. The van der Waals surface area contributed by atoms with Crippen LogP contribution in [0, 0.1) is 0 Å². The van der Waals surface area contributed by atoms with E-state index in [1.807, 2.05) is 10.8 Å². The summed E-state index contributed by atoms with van der Waals surface area (Å²) in [5.74, 6) is 0.0260. The Morgan fingerprint density at radius 3 is 2.89 bits per heavy atom. The zero-order valence-electron chi connectivity index (χ0n) is 10.6. The van der Waals surface area contributed by atoms with Gasteiger partial charge in [-0.25, -0.2) is 9.67 Å². The summed E-state index contributed by atoms with van der Waals surface area (Å²) in [6.45, 7) is 2.14. The van der Waals surface area contributed by atoms with Gasteiger partial charge in [0, 0.05) is 31.9 Å². The molecule has 19 heavy (non-hydrogen) atoms. The minimum absolute atomic E-state index is 0.0260. The first kappa shape index (κ1) is 13.2. The number of nitrogens with one attached hydrogen (secondary N) is 1. The van der Waals surface area contributed by atoms with E-state index >= 15 is 0 Å². The van der Waals surface area contributed by atoms with Gasteiger partial charge in [0.1, 0.15) is 6.33 Å². The van der Waals surface area contributed by atoms with Gasteiger partial charge in [0.25, 0.3) is 0 Å². The molecule has 0 aliphatic heterocycles. The number of carbonyl (C=O) groups is 1. The first-order valence-electron chi connectivity index (χ1n) is 6.28. The highest BCUT2D eigenvalue weighted by Gasteiger charge is 2.01. The van der Waals surface area contributed by atoms with Crippen LogP contribution in [0.25, 0.3) is 0 Å². The van der Waals surface area contributed by atoms with Gasteiger partial charge in [-0.3, -0.25) is 4.79 Å². The van der Waals surface area contributed by atoms with Crippen molar-refractivity contribution in [2.24, 2.45) is 0 Å². The van der Waals surface area contributed by atoms with Crippen molar-refractivity contribution in [1.29, 1.82) is 0 Å². The number of aromatic nitrogens is 6. The molecule has 0 spiro atoms. The van der Waals surface area contributed by atoms with Crippen LogP contribution < -0.4 is 5.32 Å². The monoisotopic (exact) mass is 263 g/mol. The van der Waals surface area contributed by atoms with E-state index in [9.17, 15) is 4.79 Å². The lowest BCUT2D eigenvalue weighted by Gasteiger charge is -2.05. The highest BCUT2D eigenvalue weighted by Crippen LogP contribution is 1.94. The molecule has 0 fully saturated rings. The molecule has 1 N–H and O–H groups in total. The van der Waals surface area contributed by atoms with Crippen LogP contribution in [-0.2, 0) is 17.9 Å². The Bertz CT molecular complexity index is 465. The highest BCUT2D eigenvalue weighted by molar-refractivity contribution is 5.75. The van der Waals surface area contributed by atoms with Crippen molar-refractivity contribution in [2.45, 2.75) is 32.4 Å². The third-order valence-electron chi connectivity index (χ3n) is 2.68. The Hall–Kier alpha value is -2.25. The van der Waals surface area contributed by atoms with Crippen molar-refractivity contribution in [3.8, 4) is 0 Å². The molecule has 0 aliphatic rings. The van der Waals surface area contributed by atoms with Gasteiger partial charge in [-0.05, 0) is 23.3 Å². The molecule has 0 bridgehead atoms. The molecule has 0 aliphatic carbocycles. The maximum atomic E-state index is 11.5. The van der Waals surface area contributed by atoms with E-state index in [0.717, 1.165) is 19.4 Å². The second-order valence-corrected chi connectivity index (χ2v) is 4.18. The Labute approximate surface area is 110 Å². The Morgan fingerprint density at radius 1 is 1.21 bits per heavy atom. The molecule has 2 rings (SSSR count). The normalized spacial score (nSPS) is 10.5. The minimum atomic E-state index is 0.0260. The van der Waals surface area contributed by atoms with Crippen LogP contribution in [0.1, 0.15) is 19.3 Å². The fourth-order valence-electron chi connectivity index (χ4n) is 1.65. The summed E-state index contributed by atoms with van der Waals surface area (Å²) >= 11 is 0. The Balaban J connectivity index is 1.49. The summed E-state index contributed by atoms with van der Waals surface area (Å²) in [6.07, 6.45) is 9.36. The third-order valence-corrected chi connectivity index (χ3v) is 2.68. The molecule has 2 aromatic rings. The largest absolute Gasteiger partial charge is 0.356 e. The fourth-order valence-corrected chi connectivity index (χ4v) is 1.65. The molecule has 8 heteroatoms. The summed E-state index contributed by atoms with van der Waals surface area (Å²) in [6, 6.07) is 0. The first-order chi connectivity index (χ1) is 9.34. The van der Waals surface area contributed by atoms with Gasteiger partial charge in [-0.1, -0.05) is 0 Å². The Kier molecular flexibility index (Phi) is 5.03. The molecule has 0 unspecified atom stereocenters. The zero-order valence-corrected chi connectivity index (χ0v) is 10.6. The molecule has 0 radical (unpaired) electrons. The molecule has 0 saturated heterocycles. The number of rotatable bonds is 8. The van der Waals surface area contributed by atoms with Crippen LogP contribution in [0.5, 0.6) is 0 Å². The van der Waals surface area contributed by atoms with Crippen molar-refractivity contribution in [3.05, 3.63) is 25.0 Å². The summed E-state index contributed by atoms with van der Waals surface area (Å²) in [4.78, 5) is 15.5. The second-order valence-electron chi connectivity index (χ2n) is 4.18. The van der Waals surface area contributed by atoms with Crippen molar-refractivity contribution in [2.75, 3.05) is 6.54 Å². The molecule has 0 atom stereocenters. The van der Waals surface area contributed by atoms with Crippen molar-refractivity contribution < 1.29 is 4.79 Å². The number of nitrogens with zero attached hydrogens (tertiary/aromatic N) is 6. The number of unbranched alkanes of at least 4 members (excludes halogenated alkanes) is 1. The van der Waals surface area contributed by atoms with Gasteiger partial charge in [-0.2, -0.15) is 0 Å². The quantitative estimate of drug-likeness (QED) is 0.669. The van der Waals surface area contributed by atoms with E-state index in [1.165, 1.54) is 6.33 Å². The number of amides is 1. The molecule has 1 amide bonds. The summed E-state index contributed by atoms with van der Waals surface area (Å²) in [7, 11) is 0. The van der Waals surface area contributed by atoms with E-state index in [1.54, 1.807) is 17.2 Å². The van der Waals surface area contributed by atoms with Crippen LogP contribution in [0.2, 0.25) is 0 Å². The van der Waals surface area contributed by atoms with Crippen LogP contribution in [0.15, 0.2) is 25.0 Å². The summed E-state index contributed by atoms with van der Waals surface area (Å²) in [5.41, 5.74) is 0. The minimum Gasteiger partial charge on any atom is -0.356 e. The lowest BCUT2D eigenvalue weighted by molar-refractivity contribution is -0.121. The molecule has 0 aromatic carbocycles. The van der Waals surface area contributed by atoms with E-state index in [4.69, 9.17) is 0 Å². The smallest absolute Gasteiger partial charge is 0.221 e. The lowest BCUT2D eigenvalue weighted by atomic mass is 10.3. The third kappa shape index (κ3) is 4.86. The number of hydrogen-bond donors (Lipinski definition) is 1. The van der Waals surface area contributed by atoms with Crippen LogP contribution >= 0.6 is 0 Å². The number of tetrazole rings is 1. The molecule has 2 aromatic heterocycles. The van der Waals surface area contributed by atoms with Crippen molar-refractivity contribution >= 4 is 5.91 Å². The maximum Gasteiger partial charge on any atom is 0.221 e. The van der Waals surface area contributed by atoms with Crippen molar-refractivity contribution in [1.82, 2.24) is 35.1 Å². The average Bonchev–Trinajstić information content (AvgIpc) is 3.09. The van der Waals surface area contributed by atoms with Crippen molar-refractivity contribution in [3.63, 3.8) is 0 Å². The maximum absolute atomic E-state index is 11.5. The van der Waals surface area contributed by atoms with Crippen LogP contribution in [0.3, 0.4) is 0 Å². The van der Waals surface area contributed by atoms with Gasteiger partial charge in [-0.15, -0.1) is 5.10 Å². The lowest BCUT2D eigenvalue weighted by Crippen LogP contribution is -2.25. The predicted octanol–water partition coefficient (Wildman–Crippen LogP) is -0.144. The van der Waals surface area contributed by atoms with Gasteiger partial charge in [0.05, 0.1) is 12.9 Å².